The van der Waals surface area contributed by atoms with Crippen molar-refractivity contribution in [1.29, 1.82) is 5.26 Å². The molecule has 1 atom stereocenters. The van der Waals surface area contributed by atoms with Crippen molar-refractivity contribution in [2.24, 2.45) is 11.3 Å². The minimum absolute atomic E-state index is 0.151. The fourth-order valence-corrected chi connectivity index (χ4v) is 2.82. The highest BCUT2D eigenvalue weighted by Crippen LogP contribution is 2.51. The summed E-state index contributed by atoms with van der Waals surface area (Å²) in [5.74, 6) is 4.51. The van der Waals surface area contributed by atoms with Crippen LogP contribution < -0.4 is 0 Å². The molecule has 0 saturated heterocycles. The molecule has 0 radical (unpaired) electrons. The third-order valence-electron chi connectivity index (χ3n) is 4.49. The molecule has 1 aliphatic carbocycles. The number of nitriles is 1. The zero-order chi connectivity index (χ0) is 16.4. The number of hydrogen-bond acceptors (Lipinski definition) is 3. The number of aliphatic hydroxyl groups is 1. The van der Waals surface area contributed by atoms with Crippen molar-refractivity contribution in [1.82, 2.24) is 0 Å². The Bertz CT molecular complexity index is 686. The summed E-state index contributed by atoms with van der Waals surface area (Å²) in [6, 6.07) is 8.53. The van der Waals surface area contributed by atoms with Crippen LogP contribution in [0.2, 0.25) is 0 Å². The van der Waals surface area contributed by atoms with Gasteiger partial charge in [-0.25, -0.2) is 4.79 Å². The molecule has 22 heavy (non-hydrogen) atoms. The maximum absolute atomic E-state index is 11.0. The van der Waals surface area contributed by atoms with Crippen molar-refractivity contribution >= 4 is 5.97 Å². The first-order valence-corrected chi connectivity index (χ1v) is 7.35. The Hall–Kier alpha value is -2.30. The summed E-state index contributed by atoms with van der Waals surface area (Å²) in [5.41, 5.74) is -1.54. The van der Waals surface area contributed by atoms with Gasteiger partial charge < -0.3 is 10.2 Å². The van der Waals surface area contributed by atoms with Gasteiger partial charge in [-0.15, -0.1) is 0 Å². The van der Waals surface area contributed by atoms with E-state index >= 15 is 0 Å². The molecule has 2 rings (SSSR count). The molecule has 1 aliphatic rings. The van der Waals surface area contributed by atoms with E-state index in [1.54, 1.807) is 12.1 Å². The van der Waals surface area contributed by atoms with E-state index in [0.717, 1.165) is 6.42 Å². The van der Waals surface area contributed by atoms with Crippen molar-refractivity contribution in [3.8, 4) is 17.9 Å². The Labute approximate surface area is 130 Å². The fraction of sp³-hybridized carbons (Fsp3) is 0.444. The zero-order valence-corrected chi connectivity index (χ0v) is 12.8. The molecular weight excluding hydrogens is 278 g/mol. The molecule has 0 spiro atoms. The normalized spacial score (nSPS) is 18.3. The molecule has 4 heteroatoms. The Morgan fingerprint density at radius 2 is 2.09 bits per heavy atom. The summed E-state index contributed by atoms with van der Waals surface area (Å²) >= 11 is 0. The molecule has 0 bridgehead atoms. The molecule has 1 aromatic rings. The molecule has 114 valence electrons. The molecule has 0 aliphatic heterocycles. The lowest BCUT2D eigenvalue weighted by Crippen LogP contribution is -2.54. The Balaban J connectivity index is 2.40. The van der Waals surface area contributed by atoms with Crippen LogP contribution in [-0.4, -0.2) is 21.8 Å². The molecular formula is C18H19NO3. The van der Waals surface area contributed by atoms with Gasteiger partial charge in [-0.1, -0.05) is 31.8 Å². The molecule has 2 N–H and O–H groups in total. The molecule has 0 heterocycles. The lowest BCUT2D eigenvalue weighted by atomic mass is 9.56. The summed E-state index contributed by atoms with van der Waals surface area (Å²) in [5, 5.41) is 29.5. The van der Waals surface area contributed by atoms with Crippen LogP contribution >= 0.6 is 0 Å². The average Bonchev–Trinajstić information content (AvgIpc) is 2.44. The molecule has 0 aromatic heterocycles. The third-order valence-corrected chi connectivity index (χ3v) is 4.49. The van der Waals surface area contributed by atoms with Gasteiger partial charge in [-0.3, -0.25) is 0 Å². The second-order valence-electron chi connectivity index (χ2n) is 6.10. The highest BCUT2D eigenvalue weighted by atomic mass is 16.4. The quantitative estimate of drug-likeness (QED) is 0.841. The van der Waals surface area contributed by atoms with E-state index in [1.165, 1.54) is 12.1 Å². The first-order valence-electron chi connectivity index (χ1n) is 7.35. The molecule has 1 aromatic carbocycles. The van der Waals surface area contributed by atoms with E-state index in [9.17, 15) is 15.2 Å². The molecule has 1 saturated carbocycles. The largest absolute Gasteiger partial charge is 0.478 e. The Morgan fingerprint density at radius 3 is 2.55 bits per heavy atom. The van der Waals surface area contributed by atoms with Crippen LogP contribution in [0, 0.1) is 34.5 Å². The van der Waals surface area contributed by atoms with Gasteiger partial charge in [0.25, 0.3) is 0 Å². The molecule has 4 nitrogen and oxygen atoms in total. The number of rotatable bonds is 3. The first-order chi connectivity index (χ1) is 10.3. The summed E-state index contributed by atoms with van der Waals surface area (Å²) in [7, 11) is 0. The monoisotopic (exact) mass is 297 g/mol. The minimum atomic E-state index is -1.39. The van der Waals surface area contributed by atoms with Gasteiger partial charge in [0.05, 0.1) is 17.0 Å². The van der Waals surface area contributed by atoms with Gasteiger partial charge >= 0.3 is 5.97 Å². The molecule has 1 fully saturated rings. The second-order valence-corrected chi connectivity index (χ2v) is 6.10. The summed E-state index contributed by atoms with van der Waals surface area (Å²) in [6.45, 7) is 3.69. The number of carbonyl (C=O) groups is 1. The summed E-state index contributed by atoms with van der Waals surface area (Å²) in [6.07, 6.45) is 2.20. The Kier molecular flexibility index (Phi) is 4.26. The van der Waals surface area contributed by atoms with Crippen LogP contribution in [0.3, 0.4) is 0 Å². The van der Waals surface area contributed by atoms with Gasteiger partial charge in [0.2, 0.25) is 0 Å². The van der Waals surface area contributed by atoms with Crippen LogP contribution in [-0.2, 0) is 0 Å². The topological polar surface area (TPSA) is 81.3 Å². The summed E-state index contributed by atoms with van der Waals surface area (Å²) in [4.78, 5) is 11.0. The zero-order valence-electron chi connectivity index (χ0n) is 12.8. The van der Waals surface area contributed by atoms with Crippen LogP contribution in [0.5, 0.6) is 0 Å². The average molecular weight is 297 g/mol. The highest BCUT2D eigenvalue weighted by Gasteiger charge is 2.55. The predicted molar refractivity (Wildman–Crippen MR) is 82.0 cm³/mol. The number of carboxylic acid groups (broad SMARTS) is 1. The number of benzene rings is 1. The van der Waals surface area contributed by atoms with Crippen LogP contribution in [0.25, 0.3) is 0 Å². The molecule has 0 unspecified atom stereocenters. The van der Waals surface area contributed by atoms with E-state index in [1.807, 2.05) is 13.8 Å². The van der Waals surface area contributed by atoms with Gasteiger partial charge in [-0.2, -0.15) is 5.26 Å². The van der Waals surface area contributed by atoms with Crippen molar-refractivity contribution in [3.63, 3.8) is 0 Å². The van der Waals surface area contributed by atoms with Crippen molar-refractivity contribution in [3.05, 3.63) is 35.4 Å². The molecule has 0 amide bonds. The van der Waals surface area contributed by atoms with Gasteiger partial charge in [0, 0.05) is 5.56 Å². The number of nitrogens with zero attached hydrogens (tertiary/aromatic N) is 1. The standard InChI is InChI=1S/C18H19NO3/c1-13(2)18(22,17(12-19)8-4-9-17)10-7-14-5-3-6-15(11-14)16(20)21/h3,5-6,11,13,22H,4,8-9H2,1-2H3,(H,20,21)/t18-/m0/s1. The van der Waals surface area contributed by atoms with Crippen molar-refractivity contribution in [2.45, 2.75) is 38.7 Å². The number of hydrogen-bond donors (Lipinski definition) is 2. The lowest BCUT2D eigenvalue weighted by molar-refractivity contribution is -0.0796. The van der Waals surface area contributed by atoms with E-state index in [0.29, 0.717) is 18.4 Å². The van der Waals surface area contributed by atoms with E-state index in [2.05, 4.69) is 17.9 Å². The van der Waals surface area contributed by atoms with Crippen LogP contribution in [0.1, 0.15) is 49.0 Å². The predicted octanol–water partition coefficient (Wildman–Crippen LogP) is 2.82. The Morgan fingerprint density at radius 1 is 1.41 bits per heavy atom. The van der Waals surface area contributed by atoms with E-state index in [4.69, 9.17) is 5.11 Å². The van der Waals surface area contributed by atoms with Crippen molar-refractivity contribution < 1.29 is 15.0 Å². The lowest BCUT2D eigenvalue weighted by Gasteiger charge is -2.47. The maximum atomic E-state index is 11.0. The van der Waals surface area contributed by atoms with Crippen LogP contribution in [0.4, 0.5) is 0 Å². The number of carboxylic acids is 1. The van der Waals surface area contributed by atoms with Crippen molar-refractivity contribution in [2.75, 3.05) is 0 Å². The van der Waals surface area contributed by atoms with Gasteiger partial charge in [0.1, 0.15) is 5.60 Å². The van der Waals surface area contributed by atoms with Gasteiger partial charge in [-0.05, 0) is 43.4 Å². The summed E-state index contributed by atoms with van der Waals surface area (Å²) < 4.78 is 0. The SMILES string of the molecule is CC(C)[C@@](O)(C#Cc1cccc(C(=O)O)c1)C1(C#N)CCC1. The first kappa shape index (κ1) is 16.1. The third kappa shape index (κ3) is 2.58. The highest BCUT2D eigenvalue weighted by molar-refractivity contribution is 5.88. The smallest absolute Gasteiger partial charge is 0.335 e. The fourth-order valence-electron chi connectivity index (χ4n) is 2.82. The van der Waals surface area contributed by atoms with Crippen LogP contribution in [0.15, 0.2) is 24.3 Å². The van der Waals surface area contributed by atoms with E-state index in [-0.39, 0.29) is 11.5 Å². The second kappa shape index (κ2) is 5.83. The van der Waals surface area contributed by atoms with E-state index < -0.39 is 17.0 Å². The number of aromatic carboxylic acids is 1. The van der Waals surface area contributed by atoms with Gasteiger partial charge in [0.15, 0.2) is 0 Å². The maximum Gasteiger partial charge on any atom is 0.335 e. The minimum Gasteiger partial charge on any atom is -0.478 e.